The van der Waals surface area contributed by atoms with Gasteiger partial charge in [-0.25, -0.2) is 0 Å². The van der Waals surface area contributed by atoms with Gasteiger partial charge in [-0.05, 0) is 10.8 Å². The fourth-order valence-corrected chi connectivity index (χ4v) is 5.58. The van der Waals surface area contributed by atoms with Crippen molar-refractivity contribution >= 4 is 23.9 Å². The summed E-state index contributed by atoms with van der Waals surface area (Å²) in [5, 5.41) is 0. The Morgan fingerprint density at radius 3 is 1.04 bits per heavy atom. The Hall–Kier alpha value is -2.12. The first-order valence-electron chi connectivity index (χ1n) is 8.25. The van der Waals surface area contributed by atoms with Gasteiger partial charge < -0.3 is 18.9 Å². The lowest BCUT2D eigenvalue weighted by molar-refractivity contribution is -0.170. The van der Waals surface area contributed by atoms with E-state index in [1.807, 2.05) is 0 Å². The molecule has 8 heteroatoms. The van der Waals surface area contributed by atoms with Crippen LogP contribution in [-0.2, 0) is 38.1 Å². The molecule has 2 rings (SSSR count). The van der Waals surface area contributed by atoms with Gasteiger partial charge in [0.15, 0.2) is 0 Å². The van der Waals surface area contributed by atoms with Crippen molar-refractivity contribution in [2.45, 2.75) is 27.7 Å². The number of esters is 4. The highest BCUT2D eigenvalue weighted by Crippen LogP contribution is 2.90. The Morgan fingerprint density at radius 1 is 0.577 bits per heavy atom. The fourth-order valence-electron chi connectivity index (χ4n) is 5.58. The van der Waals surface area contributed by atoms with E-state index in [9.17, 15) is 19.2 Å². The molecule has 0 aromatic carbocycles. The van der Waals surface area contributed by atoms with E-state index in [4.69, 9.17) is 18.9 Å². The van der Waals surface area contributed by atoms with Gasteiger partial charge in [0, 0.05) is 0 Å². The summed E-state index contributed by atoms with van der Waals surface area (Å²) in [7, 11) is 4.78. The number of methoxy groups -OCH3 is 4. The number of hydrogen-bond acceptors (Lipinski definition) is 8. The highest BCUT2D eigenvalue weighted by atomic mass is 16.5. The fraction of sp³-hybridized carbons (Fsp3) is 0.778. The third-order valence-corrected chi connectivity index (χ3v) is 6.69. The van der Waals surface area contributed by atoms with Crippen LogP contribution in [0.2, 0.25) is 0 Å². The first kappa shape index (κ1) is 20.2. The van der Waals surface area contributed by atoms with Crippen molar-refractivity contribution in [1.29, 1.82) is 0 Å². The molecular formula is C18H26O8. The second-order valence-corrected chi connectivity index (χ2v) is 7.95. The maximum atomic E-state index is 13.0. The largest absolute Gasteiger partial charge is 0.469 e. The summed E-state index contributed by atoms with van der Waals surface area (Å²) in [6.07, 6.45) is 0. The van der Waals surface area contributed by atoms with E-state index in [1.165, 1.54) is 28.4 Å². The number of carbonyl (C=O) groups is 4. The number of ether oxygens (including phenoxy) is 4. The second kappa shape index (κ2) is 5.69. The highest BCUT2D eigenvalue weighted by Gasteiger charge is 3.00. The molecule has 26 heavy (non-hydrogen) atoms. The van der Waals surface area contributed by atoms with Gasteiger partial charge in [-0.1, -0.05) is 27.7 Å². The van der Waals surface area contributed by atoms with E-state index < -0.39 is 57.4 Å². The molecule has 2 saturated carbocycles. The summed E-state index contributed by atoms with van der Waals surface area (Å²) >= 11 is 0. The van der Waals surface area contributed by atoms with Crippen LogP contribution < -0.4 is 0 Å². The number of rotatable bonds is 5. The minimum Gasteiger partial charge on any atom is -0.469 e. The van der Waals surface area contributed by atoms with E-state index in [-0.39, 0.29) is 0 Å². The molecule has 4 atom stereocenters. The van der Waals surface area contributed by atoms with Gasteiger partial charge in [-0.15, -0.1) is 0 Å². The van der Waals surface area contributed by atoms with E-state index in [1.54, 1.807) is 27.7 Å². The van der Waals surface area contributed by atoms with E-state index in [0.29, 0.717) is 0 Å². The van der Waals surface area contributed by atoms with Crippen LogP contribution in [0.3, 0.4) is 0 Å². The van der Waals surface area contributed by atoms with Gasteiger partial charge in [-0.3, -0.25) is 19.2 Å². The Labute approximate surface area is 152 Å². The maximum absolute atomic E-state index is 13.0. The molecule has 2 unspecified atom stereocenters. The molecule has 0 bridgehead atoms. The molecule has 0 heterocycles. The molecule has 0 spiro atoms. The van der Waals surface area contributed by atoms with Gasteiger partial charge in [0.25, 0.3) is 0 Å². The van der Waals surface area contributed by atoms with Crippen molar-refractivity contribution in [1.82, 2.24) is 0 Å². The molecule has 0 saturated heterocycles. The van der Waals surface area contributed by atoms with Crippen molar-refractivity contribution in [3.8, 4) is 0 Å². The van der Waals surface area contributed by atoms with Crippen molar-refractivity contribution in [2.75, 3.05) is 28.4 Å². The topological polar surface area (TPSA) is 105 Å². The summed E-state index contributed by atoms with van der Waals surface area (Å²) in [5.74, 6) is -4.70. The minimum atomic E-state index is -1.60. The van der Waals surface area contributed by atoms with Crippen LogP contribution in [0.1, 0.15) is 27.7 Å². The summed E-state index contributed by atoms with van der Waals surface area (Å²) < 4.78 is 19.8. The van der Waals surface area contributed by atoms with Crippen molar-refractivity contribution in [3.63, 3.8) is 0 Å². The molecule has 2 fully saturated rings. The van der Waals surface area contributed by atoms with Gasteiger partial charge in [0.1, 0.15) is 10.8 Å². The lowest BCUT2D eigenvalue weighted by atomic mass is 9.73. The zero-order valence-corrected chi connectivity index (χ0v) is 16.4. The standard InChI is InChI=1S/C18H26O8/c1-15(2)9(11(19)23-5)17(15,13(21)25-7)18(14(22)26-8)10(12(20)24-6)16(18,3)4/h9-10H,1-8H3/t9?,10?,17-,18-/m1/s1. The average Bonchev–Trinajstić information content (AvgIpc) is 3.34. The van der Waals surface area contributed by atoms with Crippen LogP contribution in [0.15, 0.2) is 0 Å². The molecule has 2 aliphatic rings. The van der Waals surface area contributed by atoms with Crippen LogP contribution in [0.4, 0.5) is 0 Å². The van der Waals surface area contributed by atoms with Crippen molar-refractivity contribution in [3.05, 3.63) is 0 Å². The second-order valence-electron chi connectivity index (χ2n) is 7.95. The third kappa shape index (κ3) is 1.80. The molecule has 0 amide bonds. The maximum Gasteiger partial charge on any atom is 0.314 e. The monoisotopic (exact) mass is 370 g/mol. The molecule has 146 valence electrons. The molecule has 8 nitrogen and oxygen atoms in total. The summed E-state index contributed by atoms with van der Waals surface area (Å²) in [6.45, 7) is 6.72. The van der Waals surface area contributed by atoms with Crippen molar-refractivity contribution in [2.24, 2.45) is 33.5 Å². The summed E-state index contributed by atoms with van der Waals surface area (Å²) in [6, 6.07) is 0. The van der Waals surface area contributed by atoms with Gasteiger partial charge in [0.2, 0.25) is 0 Å². The first-order chi connectivity index (χ1) is 11.9. The third-order valence-electron chi connectivity index (χ3n) is 6.69. The lowest BCUT2D eigenvalue weighted by Gasteiger charge is -2.29. The van der Waals surface area contributed by atoms with E-state index in [0.717, 1.165) is 0 Å². The summed E-state index contributed by atoms with van der Waals surface area (Å²) in [4.78, 5) is 50.9. The molecule has 0 aromatic rings. The Bertz CT molecular complexity index is 621. The van der Waals surface area contributed by atoms with Gasteiger partial charge in [0.05, 0.1) is 40.3 Å². The quantitative estimate of drug-likeness (QED) is 0.521. The zero-order valence-electron chi connectivity index (χ0n) is 16.4. The highest BCUT2D eigenvalue weighted by molar-refractivity contribution is 6.05. The number of carbonyl (C=O) groups excluding carboxylic acids is 4. The molecule has 2 aliphatic carbocycles. The Kier molecular flexibility index (Phi) is 4.42. The predicted octanol–water partition coefficient (Wildman–Crippen LogP) is 0.963. The zero-order chi connectivity index (χ0) is 20.3. The SMILES string of the molecule is COC(=O)C1C(C)(C)[C@@]1(C(=O)OC)[C@@]1(C(=O)OC)C(C(=O)OC)C1(C)C. The van der Waals surface area contributed by atoms with Crippen molar-refractivity contribution < 1.29 is 38.1 Å². The van der Waals surface area contributed by atoms with Gasteiger partial charge in [-0.2, -0.15) is 0 Å². The van der Waals surface area contributed by atoms with Crippen LogP contribution in [0.25, 0.3) is 0 Å². The van der Waals surface area contributed by atoms with Crippen LogP contribution in [0.5, 0.6) is 0 Å². The molecule has 0 N–H and O–H groups in total. The average molecular weight is 370 g/mol. The van der Waals surface area contributed by atoms with Crippen LogP contribution in [0, 0.1) is 33.5 Å². The molecule has 0 aromatic heterocycles. The predicted molar refractivity (Wildman–Crippen MR) is 87.5 cm³/mol. The molecular weight excluding hydrogens is 344 g/mol. The normalized spacial score (nSPS) is 35.7. The minimum absolute atomic E-state index is 0.644. The smallest absolute Gasteiger partial charge is 0.314 e. The Balaban J connectivity index is 2.82. The van der Waals surface area contributed by atoms with Gasteiger partial charge >= 0.3 is 23.9 Å². The molecule has 0 radical (unpaired) electrons. The van der Waals surface area contributed by atoms with Crippen LogP contribution in [-0.4, -0.2) is 52.3 Å². The Morgan fingerprint density at radius 2 is 0.846 bits per heavy atom. The van der Waals surface area contributed by atoms with Crippen LogP contribution >= 0.6 is 0 Å². The lowest BCUT2D eigenvalue weighted by Crippen LogP contribution is -2.44. The van der Waals surface area contributed by atoms with E-state index in [2.05, 4.69) is 0 Å². The first-order valence-corrected chi connectivity index (χ1v) is 8.25. The number of hydrogen-bond donors (Lipinski definition) is 0. The molecule has 0 aliphatic heterocycles. The summed E-state index contributed by atoms with van der Waals surface area (Å²) in [5.41, 5.74) is -5.17. The van der Waals surface area contributed by atoms with E-state index >= 15 is 0 Å².